The third-order valence-electron chi connectivity index (χ3n) is 2.67. The van der Waals surface area contributed by atoms with E-state index < -0.39 is 5.97 Å². The monoisotopic (exact) mass is 273 g/mol. The van der Waals surface area contributed by atoms with Gasteiger partial charge in [-0.25, -0.2) is 4.79 Å². The molecule has 0 aliphatic carbocycles. The van der Waals surface area contributed by atoms with Crippen LogP contribution in [0.3, 0.4) is 0 Å². The molecule has 0 saturated carbocycles. The zero-order valence-electron chi connectivity index (χ0n) is 11.1. The van der Waals surface area contributed by atoms with Gasteiger partial charge in [0.05, 0.1) is 5.69 Å². The van der Waals surface area contributed by atoms with Gasteiger partial charge in [0.25, 0.3) is 0 Å². The molecule has 104 valence electrons. The van der Waals surface area contributed by atoms with Gasteiger partial charge in [-0.05, 0) is 31.2 Å². The molecule has 1 aromatic heterocycles. The zero-order chi connectivity index (χ0) is 14.4. The molecular weight excluding hydrogens is 258 g/mol. The second-order valence-corrected chi connectivity index (χ2v) is 4.09. The van der Waals surface area contributed by atoms with E-state index in [-0.39, 0.29) is 12.2 Å². The van der Waals surface area contributed by atoms with E-state index in [4.69, 9.17) is 14.6 Å². The molecule has 2 aromatic rings. The summed E-state index contributed by atoms with van der Waals surface area (Å²) >= 11 is 0. The van der Waals surface area contributed by atoms with Crippen LogP contribution in [0.5, 0.6) is 11.5 Å². The van der Waals surface area contributed by atoms with Gasteiger partial charge in [0.15, 0.2) is 0 Å². The van der Waals surface area contributed by atoms with Crippen molar-refractivity contribution in [2.75, 3.05) is 13.2 Å². The van der Waals surface area contributed by atoms with E-state index in [0.717, 1.165) is 5.69 Å². The minimum absolute atomic E-state index is 0.144. The highest BCUT2D eigenvalue weighted by Crippen LogP contribution is 2.18. The SMILES string of the molecule is Cc1ncccc1OCCOc1ccccc1C(=O)O. The summed E-state index contributed by atoms with van der Waals surface area (Å²) in [5.41, 5.74) is 0.948. The number of para-hydroxylation sites is 1. The molecule has 0 atom stereocenters. The standard InChI is InChI=1S/C15H15NO4/c1-11-13(7-4-8-16-11)19-9-10-20-14-6-3-2-5-12(14)15(17)18/h2-8H,9-10H2,1H3,(H,17,18). The maximum Gasteiger partial charge on any atom is 0.339 e. The Morgan fingerprint density at radius 2 is 1.75 bits per heavy atom. The molecule has 0 spiro atoms. The molecule has 0 bridgehead atoms. The molecule has 0 aliphatic heterocycles. The lowest BCUT2D eigenvalue weighted by Crippen LogP contribution is -2.11. The van der Waals surface area contributed by atoms with Crippen molar-refractivity contribution in [3.05, 3.63) is 53.9 Å². The maximum absolute atomic E-state index is 11.0. The quantitative estimate of drug-likeness (QED) is 0.819. The molecular formula is C15H15NO4. The van der Waals surface area contributed by atoms with E-state index in [1.807, 2.05) is 13.0 Å². The van der Waals surface area contributed by atoms with Gasteiger partial charge in [0, 0.05) is 6.20 Å². The highest BCUT2D eigenvalue weighted by atomic mass is 16.5. The number of carboxylic acids is 1. The summed E-state index contributed by atoms with van der Waals surface area (Å²) in [6.07, 6.45) is 1.70. The van der Waals surface area contributed by atoms with Crippen molar-refractivity contribution in [3.63, 3.8) is 0 Å². The fourth-order valence-corrected chi connectivity index (χ4v) is 1.69. The molecule has 0 unspecified atom stereocenters. The van der Waals surface area contributed by atoms with Crippen LogP contribution < -0.4 is 9.47 Å². The van der Waals surface area contributed by atoms with Crippen molar-refractivity contribution < 1.29 is 19.4 Å². The van der Waals surface area contributed by atoms with Crippen LogP contribution in [-0.2, 0) is 0 Å². The van der Waals surface area contributed by atoms with Crippen LogP contribution in [0.1, 0.15) is 16.1 Å². The number of benzene rings is 1. The summed E-state index contributed by atoms with van der Waals surface area (Å²) in [5, 5.41) is 9.02. The van der Waals surface area contributed by atoms with Crippen LogP contribution in [0.25, 0.3) is 0 Å². The van der Waals surface area contributed by atoms with Crippen LogP contribution >= 0.6 is 0 Å². The first-order valence-corrected chi connectivity index (χ1v) is 6.18. The van der Waals surface area contributed by atoms with Gasteiger partial charge in [-0.1, -0.05) is 12.1 Å². The number of rotatable bonds is 6. The van der Waals surface area contributed by atoms with Gasteiger partial charge in [-0.2, -0.15) is 0 Å². The number of carbonyl (C=O) groups is 1. The lowest BCUT2D eigenvalue weighted by atomic mass is 10.2. The van der Waals surface area contributed by atoms with E-state index in [1.165, 1.54) is 6.07 Å². The van der Waals surface area contributed by atoms with E-state index in [0.29, 0.717) is 18.1 Å². The number of carboxylic acid groups (broad SMARTS) is 1. The topological polar surface area (TPSA) is 68.7 Å². The summed E-state index contributed by atoms with van der Waals surface area (Å²) in [6.45, 7) is 2.44. The Hall–Kier alpha value is -2.56. The second kappa shape index (κ2) is 6.56. The average molecular weight is 273 g/mol. The van der Waals surface area contributed by atoms with Crippen LogP contribution in [-0.4, -0.2) is 29.3 Å². The van der Waals surface area contributed by atoms with Crippen molar-refractivity contribution in [2.45, 2.75) is 6.92 Å². The molecule has 0 saturated heterocycles. The van der Waals surface area contributed by atoms with Gasteiger partial charge in [0.1, 0.15) is 30.3 Å². The zero-order valence-corrected chi connectivity index (χ0v) is 11.1. The minimum atomic E-state index is -1.01. The number of aryl methyl sites for hydroxylation is 1. The molecule has 20 heavy (non-hydrogen) atoms. The number of hydrogen-bond donors (Lipinski definition) is 1. The van der Waals surface area contributed by atoms with E-state index in [2.05, 4.69) is 4.98 Å². The average Bonchev–Trinajstić information content (AvgIpc) is 2.45. The van der Waals surface area contributed by atoms with Gasteiger partial charge < -0.3 is 14.6 Å². The predicted molar refractivity (Wildman–Crippen MR) is 73.4 cm³/mol. The van der Waals surface area contributed by atoms with Gasteiger partial charge in [0.2, 0.25) is 0 Å². The highest BCUT2D eigenvalue weighted by molar-refractivity contribution is 5.90. The first kappa shape index (κ1) is 13.9. The Morgan fingerprint density at radius 3 is 2.45 bits per heavy atom. The lowest BCUT2D eigenvalue weighted by Gasteiger charge is -2.11. The van der Waals surface area contributed by atoms with E-state index in [1.54, 1.807) is 30.5 Å². The third-order valence-corrected chi connectivity index (χ3v) is 2.67. The fraction of sp³-hybridized carbons (Fsp3) is 0.200. The van der Waals surface area contributed by atoms with Crippen molar-refractivity contribution in [1.82, 2.24) is 4.98 Å². The number of aromatic carboxylic acids is 1. The number of aromatic nitrogens is 1. The smallest absolute Gasteiger partial charge is 0.339 e. The van der Waals surface area contributed by atoms with Crippen LogP contribution in [0.4, 0.5) is 0 Å². The Labute approximate surface area is 116 Å². The Bertz CT molecular complexity index is 598. The van der Waals surface area contributed by atoms with Crippen molar-refractivity contribution in [1.29, 1.82) is 0 Å². The molecule has 0 fully saturated rings. The summed E-state index contributed by atoms with van der Waals surface area (Å²) in [5.74, 6) is 0.0266. The molecule has 1 heterocycles. The molecule has 0 radical (unpaired) electrons. The lowest BCUT2D eigenvalue weighted by molar-refractivity contribution is 0.0691. The molecule has 2 rings (SSSR count). The van der Waals surface area contributed by atoms with Gasteiger partial charge in [-0.15, -0.1) is 0 Å². The summed E-state index contributed by atoms with van der Waals surface area (Å²) in [4.78, 5) is 15.1. The van der Waals surface area contributed by atoms with Crippen LogP contribution in [0.15, 0.2) is 42.6 Å². The molecule has 1 N–H and O–H groups in total. The summed E-state index contributed by atoms with van der Waals surface area (Å²) in [7, 11) is 0. The Kier molecular flexibility index (Phi) is 4.55. The largest absolute Gasteiger partial charge is 0.489 e. The van der Waals surface area contributed by atoms with Crippen molar-refractivity contribution in [2.24, 2.45) is 0 Å². The van der Waals surface area contributed by atoms with Crippen molar-refractivity contribution in [3.8, 4) is 11.5 Å². The van der Waals surface area contributed by atoms with Gasteiger partial charge >= 0.3 is 5.97 Å². The minimum Gasteiger partial charge on any atom is -0.489 e. The van der Waals surface area contributed by atoms with Crippen LogP contribution in [0.2, 0.25) is 0 Å². The number of hydrogen-bond acceptors (Lipinski definition) is 4. The van der Waals surface area contributed by atoms with Crippen LogP contribution in [0, 0.1) is 6.92 Å². The summed E-state index contributed by atoms with van der Waals surface area (Å²) in [6, 6.07) is 10.1. The number of ether oxygens (including phenoxy) is 2. The third kappa shape index (κ3) is 3.47. The second-order valence-electron chi connectivity index (χ2n) is 4.09. The molecule has 0 amide bonds. The molecule has 5 nitrogen and oxygen atoms in total. The maximum atomic E-state index is 11.0. The first-order valence-electron chi connectivity index (χ1n) is 6.18. The number of nitrogens with zero attached hydrogens (tertiary/aromatic N) is 1. The number of pyridine rings is 1. The Balaban J connectivity index is 1.88. The van der Waals surface area contributed by atoms with Gasteiger partial charge in [-0.3, -0.25) is 4.98 Å². The molecule has 5 heteroatoms. The normalized spacial score (nSPS) is 10.1. The molecule has 1 aromatic carbocycles. The predicted octanol–water partition coefficient (Wildman–Crippen LogP) is 2.55. The fourth-order valence-electron chi connectivity index (χ4n) is 1.69. The van der Waals surface area contributed by atoms with Crippen molar-refractivity contribution >= 4 is 5.97 Å². The Morgan fingerprint density at radius 1 is 1.10 bits per heavy atom. The first-order chi connectivity index (χ1) is 9.68. The van der Waals surface area contributed by atoms with E-state index >= 15 is 0 Å². The highest BCUT2D eigenvalue weighted by Gasteiger charge is 2.09. The molecule has 0 aliphatic rings. The summed E-state index contributed by atoms with van der Waals surface area (Å²) < 4.78 is 11.0. The van der Waals surface area contributed by atoms with E-state index in [9.17, 15) is 4.79 Å².